The van der Waals surface area contributed by atoms with Crippen molar-refractivity contribution < 1.29 is 19.1 Å². The predicted octanol–water partition coefficient (Wildman–Crippen LogP) is 4.88. The van der Waals surface area contributed by atoms with E-state index >= 15 is 0 Å². The Bertz CT molecular complexity index is 1420. The zero-order valence-corrected chi connectivity index (χ0v) is 25.4. The molecule has 0 radical (unpaired) electrons. The monoisotopic (exact) mass is 569 g/mol. The van der Waals surface area contributed by atoms with E-state index in [0.29, 0.717) is 30.5 Å². The van der Waals surface area contributed by atoms with Crippen LogP contribution in [0.3, 0.4) is 0 Å². The lowest BCUT2D eigenvalue weighted by Gasteiger charge is -2.38. The average molecular weight is 570 g/mol. The van der Waals surface area contributed by atoms with Crippen LogP contribution in [0.1, 0.15) is 55.4 Å². The molecule has 8 atom stereocenters. The quantitative estimate of drug-likeness (QED) is 0.465. The van der Waals surface area contributed by atoms with Crippen molar-refractivity contribution in [2.45, 2.75) is 84.1 Å². The number of aryl methyl sites for hydroxylation is 3. The highest BCUT2D eigenvalue weighted by Gasteiger charge is 2.72. The average Bonchev–Trinajstić information content (AvgIpc) is 3.60. The van der Waals surface area contributed by atoms with Gasteiger partial charge in [0.05, 0.1) is 17.9 Å². The van der Waals surface area contributed by atoms with E-state index in [1.54, 1.807) is 4.90 Å². The van der Waals surface area contributed by atoms with Gasteiger partial charge in [-0.25, -0.2) is 0 Å². The lowest BCUT2D eigenvalue weighted by atomic mass is 9.73. The van der Waals surface area contributed by atoms with Crippen molar-refractivity contribution in [3.63, 3.8) is 0 Å². The number of carbonyl (C=O) groups is 3. The summed E-state index contributed by atoms with van der Waals surface area (Å²) in [6.07, 6.45) is 7.00. The molecule has 2 aromatic rings. The number of hydrogen-bond acceptors (Lipinski definition) is 4. The van der Waals surface area contributed by atoms with E-state index in [0.717, 1.165) is 36.0 Å². The molecule has 1 saturated carbocycles. The molecule has 3 aliphatic heterocycles. The van der Waals surface area contributed by atoms with E-state index in [1.807, 2.05) is 51.1 Å². The van der Waals surface area contributed by atoms with Crippen molar-refractivity contribution in [1.82, 2.24) is 10.2 Å². The number of rotatable bonds is 7. The first-order valence-electron chi connectivity index (χ1n) is 15.5. The topological polar surface area (TPSA) is 87.7 Å². The molecule has 1 aliphatic carbocycles. The summed E-state index contributed by atoms with van der Waals surface area (Å²) in [4.78, 5) is 44.0. The van der Waals surface area contributed by atoms with Gasteiger partial charge in [-0.1, -0.05) is 74.7 Å². The standard InChI is InChI=1S/C35H43N3O4/c1-20-9-12-25(13-10-20)16-18-38-31(33(40)37-27-8-6-7-22(3)24(27)5)35-17-15-28(42-35)29(30(35)34(38)41)32(39)36-26-14-11-21(2)23(4)19-26/h9-15,17,19,22,24,27-31H,6-8,16,18H2,1-5H3,(H,36,39)(H,37,40)/t22-,24-,27-,28+,29-,30+,31+,35+/m1/s1. The van der Waals surface area contributed by atoms with Crippen LogP contribution in [0.2, 0.25) is 0 Å². The van der Waals surface area contributed by atoms with Crippen LogP contribution in [0.25, 0.3) is 0 Å². The summed E-state index contributed by atoms with van der Waals surface area (Å²) in [5.74, 6) is -1.20. The number of amides is 3. The number of anilines is 1. The number of hydrogen-bond donors (Lipinski definition) is 2. The van der Waals surface area contributed by atoms with Crippen molar-refractivity contribution in [2.24, 2.45) is 23.7 Å². The second kappa shape index (κ2) is 11.0. The zero-order chi connectivity index (χ0) is 29.8. The van der Waals surface area contributed by atoms with Crippen LogP contribution in [0.4, 0.5) is 5.69 Å². The Morgan fingerprint density at radius 2 is 1.76 bits per heavy atom. The number of ether oxygens (including phenoxy) is 1. The molecule has 2 saturated heterocycles. The Labute approximate surface area is 249 Å². The fraction of sp³-hybridized carbons (Fsp3) is 0.514. The van der Waals surface area contributed by atoms with Crippen molar-refractivity contribution in [3.05, 3.63) is 76.9 Å². The molecular formula is C35H43N3O4. The Kier molecular flexibility index (Phi) is 7.50. The van der Waals surface area contributed by atoms with Gasteiger partial charge in [-0.05, 0) is 74.3 Å². The van der Waals surface area contributed by atoms with Crippen molar-refractivity contribution in [2.75, 3.05) is 11.9 Å². The van der Waals surface area contributed by atoms with Crippen LogP contribution in [-0.2, 0) is 25.5 Å². The summed E-state index contributed by atoms with van der Waals surface area (Å²) in [6, 6.07) is 13.3. The molecule has 0 aromatic heterocycles. The Hall–Kier alpha value is -3.45. The number of likely N-dealkylation sites (tertiary alicyclic amines) is 1. The molecule has 222 valence electrons. The summed E-state index contributed by atoms with van der Waals surface area (Å²) in [5.41, 5.74) is 4.03. The van der Waals surface area contributed by atoms with Crippen molar-refractivity contribution >= 4 is 23.4 Å². The maximum absolute atomic E-state index is 14.3. The van der Waals surface area contributed by atoms with Gasteiger partial charge in [-0.15, -0.1) is 0 Å². The highest BCUT2D eigenvalue weighted by Crippen LogP contribution is 2.55. The largest absolute Gasteiger partial charge is 0.359 e. The Morgan fingerprint density at radius 3 is 2.50 bits per heavy atom. The smallest absolute Gasteiger partial charge is 0.246 e. The Morgan fingerprint density at radius 1 is 1.00 bits per heavy atom. The van der Waals surface area contributed by atoms with Gasteiger partial charge in [0.25, 0.3) is 0 Å². The van der Waals surface area contributed by atoms with Gasteiger partial charge >= 0.3 is 0 Å². The maximum atomic E-state index is 14.3. The molecule has 7 nitrogen and oxygen atoms in total. The maximum Gasteiger partial charge on any atom is 0.246 e. The van der Waals surface area contributed by atoms with Crippen LogP contribution < -0.4 is 10.6 Å². The lowest BCUT2D eigenvalue weighted by Crippen LogP contribution is -2.58. The van der Waals surface area contributed by atoms with Crippen molar-refractivity contribution in [1.29, 1.82) is 0 Å². The highest BCUT2D eigenvalue weighted by atomic mass is 16.5. The molecule has 3 amide bonds. The number of nitrogens with zero attached hydrogens (tertiary/aromatic N) is 1. The molecule has 2 N–H and O–H groups in total. The molecule has 2 bridgehead atoms. The van der Waals surface area contributed by atoms with Crippen molar-refractivity contribution in [3.8, 4) is 0 Å². The van der Waals surface area contributed by atoms with Gasteiger partial charge in [0.1, 0.15) is 11.6 Å². The van der Waals surface area contributed by atoms with Crippen LogP contribution in [0, 0.1) is 44.4 Å². The van der Waals surface area contributed by atoms with E-state index in [2.05, 4.69) is 48.7 Å². The molecule has 3 heterocycles. The molecule has 6 rings (SSSR count). The van der Waals surface area contributed by atoms with Gasteiger partial charge in [0.2, 0.25) is 17.7 Å². The normalized spacial score (nSPS) is 33.1. The first-order valence-corrected chi connectivity index (χ1v) is 15.5. The van der Waals surface area contributed by atoms with Gasteiger partial charge < -0.3 is 20.3 Å². The molecule has 1 spiro atoms. The van der Waals surface area contributed by atoms with E-state index in [-0.39, 0.29) is 23.8 Å². The minimum absolute atomic E-state index is 0.0530. The van der Waals surface area contributed by atoms with Gasteiger partial charge in [0, 0.05) is 18.3 Å². The summed E-state index contributed by atoms with van der Waals surface area (Å²) < 4.78 is 6.54. The van der Waals surface area contributed by atoms with Crippen LogP contribution >= 0.6 is 0 Å². The van der Waals surface area contributed by atoms with Gasteiger partial charge in [-0.2, -0.15) is 0 Å². The van der Waals surface area contributed by atoms with Gasteiger partial charge in [-0.3, -0.25) is 14.4 Å². The lowest BCUT2D eigenvalue weighted by molar-refractivity contribution is -0.141. The summed E-state index contributed by atoms with van der Waals surface area (Å²) in [5, 5.41) is 6.38. The molecule has 3 fully saturated rings. The second-order valence-electron chi connectivity index (χ2n) is 13.1. The summed E-state index contributed by atoms with van der Waals surface area (Å²) >= 11 is 0. The second-order valence-corrected chi connectivity index (χ2v) is 13.1. The number of carbonyl (C=O) groups excluding carboxylic acids is 3. The number of fused-ring (bicyclic) bond motifs is 1. The minimum Gasteiger partial charge on any atom is -0.359 e. The molecule has 7 heteroatoms. The zero-order valence-electron chi connectivity index (χ0n) is 25.4. The molecular weight excluding hydrogens is 526 g/mol. The van der Waals surface area contributed by atoms with Gasteiger partial charge in [0.15, 0.2) is 0 Å². The minimum atomic E-state index is -1.16. The predicted molar refractivity (Wildman–Crippen MR) is 163 cm³/mol. The van der Waals surface area contributed by atoms with Crippen LogP contribution in [0.15, 0.2) is 54.6 Å². The molecule has 2 aromatic carbocycles. The van der Waals surface area contributed by atoms with E-state index in [1.165, 1.54) is 5.56 Å². The fourth-order valence-electron chi connectivity index (χ4n) is 7.60. The van der Waals surface area contributed by atoms with E-state index in [4.69, 9.17) is 4.74 Å². The third-order valence-corrected chi connectivity index (χ3v) is 10.5. The summed E-state index contributed by atoms with van der Waals surface area (Å²) in [6.45, 7) is 10.9. The first-order chi connectivity index (χ1) is 20.1. The molecule has 42 heavy (non-hydrogen) atoms. The van der Waals surface area contributed by atoms with E-state index in [9.17, 15) is 14.4 Å². The SMILES string of the molecule is Cc1ccc(CCN2C(=O)[C@@H]3[C@H](C(=O)Nc4ccc(C)c(C)c4)[C@@H]4C=C[C@@]3(O4)[C@@H]2C(=O)N[C@@H]2CCC[C@@H](C)[C@H]2C)cc1. The number of benzene rings is 2. The fourth-order valence-corrected chi connectivity index (χ4v) is 7.60. The molecule has 0 unspecified atom stereocenters. The summed E-state index contributed by atoms with van der Waals surface area (Å²) in [7, 11) is 0. The highest BCUT2D eigenvalue weighted by molar-refractivity contribution is 6.02. The molecule has 4 aliphatic rings. The van der Waals surface area contributed by atoms with Crippen LogP contribution in [-0.4, -0.2) is 53.0 Å². The van der Waals surface area contributed by atoms with E-state index < -0.39 is 29.6 Å². The number of nitrogens with one attached hydrogen (secondary N) is 2. The third-order valence-electron chi connectivity index (χ3n) is 10.5. The Balaban J connectivity index is 1.30. The third kappa shape index (κ3) is 4.85. The van der Waals surface area contributed by atoms with Crippen LogP contribution in [0.5, 0.6) is 0 Å². The first kappa shape index (κ1) is 28.7.